The first-order valence-corrected chi connectivity index (χ1v) is 7.32. The quantitative estimate of drug-likeness (QED) is 0.892. The summed E-state index contributed by atoms with van der Waals surface area (Å²) in [5.74, 6) is 0. The minimum absolute atomic E-state index is 0.331. The molecule has 0 saturated carbocycles. The SMILES string of the molecule is C[C@H](NCc1cccc2c1NCCC2)c1ccncc1. The lowest BCUT2D eigenvalue weighted by Gasteiger charge is -2.22. The lowest BCUT2D eigenvalue weighted by Crippen LogP contribution is -2.21. The van der Waals surface area contributed by atoms with Crippen LogP contribution in [0.2, 0.25) is 0 Å². The van der Waals surface area contributed by atoms with E-state index in [-0.39, 0.29) is 0 Å². The lowest BCUT2D eigenvalue weighted by molar-refractivity contribution is 0.574. The molecule has 0 spiro atoms. The maximum absolute atomic E-state index is 4.07. The molecule has 0 saturated heterocycles. The Bertz CT molecular complexity index is 566. The molecule has 1 aliphatic rings. The smallest absolute Gasteiger partial charge is 0.0418 e. The molecular weight excluding hydrogens is 246 g/mol. The molecule has 2 aromatic rings. The average molecular weight is 267 g/mol. The Morgan fingerprint density at radius 1 is 1.25 bits per heavy atom. The van der Waals surface area contributed by atoms with E-state index in [9.17, 15) is 0 Å². The number of nitrogens with one attached hydrogen (secondary N) is 2. The molecule has 1 aliphatic heterocycles. The first-order valence-electron chi connectivity index (χ1n) is 7.32. The predicted molar refractivity (Wildman–Crippen MR) is 82.7 cm³/mol. The van der Waals surface area contributed by atoms with E-state index in [0.717, 1.165) is 13.1 Å². The number of nitrogens with zero attached hydrogens (tertiary/aromatic N) is 1. The fourth-order valence-electron chi connectivity index (χ4n) is 2.76. The molecule has 3 nitrogen and oxygen atoms in total. The van der Waals surface area contributed by atoms with Crippen LogP contribution in [0.15, 0.2) is 42.7 Å². The van der Waals surface area contributed by atoms with Gasteiger partial charge in [-0.25, -0.2) is 0 Å². The first kappa shape index (κ1) is 13.1. The van der Waals surface area contributed by atoms with Crippen molar-refractivity contribution in [1.82, 2.24) is 10.3 Å². The van der Waals surface area contributed by atoms with Gasteiger partial charge in [-0.2, -0.15) is 0 Å². The molecule has 2 N–H and O–H groups in total. The summed E-state index contributed by atoms with van der Waals surface area (Å²) >= 11 is 0. The third-order valence-electron chi connectivity index (χ3n) is 3.97. The zero-order valence-corrected chi connectivity index (χ0v) is 11.9. The number of pyridine rings is 1. The van der Waals surface area contributed by atoms with Crippen molar-refractivity contribution < 1.29 is 0 Å². The number of fused-ring (bicyclic) bond motifs is 1. The van der Waals surface area contributed by atoms with Crippen LogP contribution in [0.1, 0.15) is 36.1 Å². The molecular formula is C17H21N3. The number of aromatic nitrogens is 1. The van der Waals surface area contributed by atoms with Crippen LogP contribution in [0.3, 0.4) is 0 Å². The van der Waals surface area contributed by atoms with Gasteiger partial charge in [0.15, 0.2) is 0 Å². The first-order chi connectivity index (χ1) is 9.84. The molecule has 1 aromatic carbocycles. The summed E-state index contributed by atoms with van der Waals surface area (Å²) < 4.78 is 0. The fraction of sp³-hybridized carbons (Fsp3) is 0.353. The van der Waals surface area contributed by atoms with E-state index in [1.54, 1.807) is 0 Å². The van der Waals surface area contributed by atoms with Gasteiger partial charge in [-0.1, -0.05) is 18.2 Å². The van der Waals surface area contributed by atoms with Crippen LogP contribution in [-0.4, -0.2) is 11.5 Å². The Hall–Kier alpha value is -1.87. The highest BCUT2D eigenvalue weighted by Crippen LogP contribution is 2.26. The minimum atomic E-state index is 0.331. The monoisotopic (exact) mass is 267 g/mol. The number of hydrogen-bond donors (Lipinski definition) is 2. The van der Waals surface area contributed by atoms with Crippen molar-refractivity contribution >= 4 is 5.69 Å². The van der Waals surface area contributed by atoms with E-state index in [2.05, 4.69) is 52.9 Å². The van der Waals surface area contributed by atoms with Gasteiger partial charge in [-0.05, 0) is 48.6 Å². The van der Waals surface area contributed by atoms with Gasteiger partial charge in [0.1, 0.15) is 0 Å². The van der Waals surface area contributed by atoms with Crippen LogP contribution < -0.4 is 10.6 Å². The van der Waals surface area contributed by atoms with Crippen molar-refractivity contribution in [3.8, 4) is 0 Å². The van der Waals surface area contributed by atoms with Crippen LogP contribution in [0.4, 0.5) is 5.69 Å². The zero-order valence-electron chi connectivity index (χ0n) is 11.9. The van der Waals surface area contributed by atoms with Crippen molar-refractivity contribution in [1.29, 1.82) is 0 Å². The molecule has 0 amide bonds. The zero-order chi connectivity index (χ0) is 13.8. The molecule has 3 heteroatoms. The summed E-state index contributed by atoms with van der Waals surface area (Å²) in [6.07, 6.45) is 6.12. The van der Waals surface area contributed by atoms with Crippen LogP contribution in [0.25, 0.3) is 0 Å². The highest BCUT2D eigenvalue weighted by Gasteiger charge is 2.12. The summed E-state index contributed by atoms with van der Waals surface area (Å²) in [5.41, 5.74) is 5.43. The molecule has 0 radical (unpaired) electrons. The number of benzene rings is 1. The molecule has 3 rings (SSSR count). The van der Waals surface area contributed by atoms with Gasteiger partial charge in [0.2, 0.25) is 0 Å². The van der Waals surface area contributed by atoms with Gasteiger partial charge in [0, 0.05) is 37.2 Å². The normalized spacial score (nSPS) is 15.2. The minimum Gasteiger partial charge on any atom is -0.385 e. The number of rotatable bonds is 4. The highest BCUT2D eigenvalue weighted by atomic mass is 14.9. The van der Waals surface area contributed by atoms with Crippen LogP contribution in [0.5, 0.6) is 0 Å². The number of aryl methyl sites for hydroxylation is 1. The molecule has 0 aliphatic carbocycles. The third-order valence-corrected chi connectivity index (χ3v) is 3.97. The van der Waals surface area contributed by atoms with Gasteiger partial charge in [0.25, 0.3) is 0 Å². The molecule has 20 heavy (non-hydrogen) atoms. The van der Waals surface area contributed by atoms with Gasteiger partial charge >= 0.3 is 0 Å². The summed E-state index contributed by atoms with van der Waals surface area (Å²) in [6.45, 7) is 4.17. The van der Waals surface area contributed by atoms with Crippen molar-refractivity contribution in [2.24, 2.45) is 0 Å². The second-order valence-corrected chi connectivity index (χ2v) is 5.36. The second kappa shape index (κ2) is 6.06. The molecule has 1 atom stereocenters. The van der Waals surface area contributed by atoms with E-state index in [1.807, 2.05) is 12.4 Å². The maximum Gasteiger partial charge on any atom is 0.0418 e. The Kier molecular flexibility index (Phi) is 3.97. The maximum atomic E-state index is 4.07. The van der Waals surface area contributed by atoms with Crippen molar-refractivity contribution in [2.45, 2.75) is 32.4 Å². The number of anilines is 1. The topological polar surface area (TPSA) is 37.0 Å². The fourth-order valence-corrected chi connectivity index (χ4v) is 2.76. The summed E-state index contributed by atoms with van der Waals surface area (Å²) in [7, 11) is 0. The van der Waals surface area contributed by atoms with Crippen molar-refractivity contribution in [2.75, 3.05) is 11.9 Å². The molecule has 0 unspecified atom stereocenters. The predicted octanol–water partition coefficient (Wildman–Crippen LogP) is 3.29. The summed E-state index contributed by atoms with van der Waals surface area (Å²) in [4.78, 5) is 4.07. The Morgan fingerprint density at radius 3 is 2.95 bits per heavy atom. The van der Waals surface area contributed by atoms with Crippen LogP contribution in [0, 0.1) is 0 Å². The van der Waals surface area contributed by atoms with Gasteiger partial charge < -0.3 is 10.6 Å². The lowest BCUT2D eigenvalue weighted by atomic mass is 9.99. The molecule has 0 bridgehead atoms. The van der Waals surface area contributed by atoms with Crippen LogP contribution in [-0.2, 0) is 13.0 Å². The van der Waals surface area contributed by atoms with Gasteiger partial charge in [-0.3, -0.25) is 4.98 Å². The second-order valence-electron chi connectivity index (χ2n) is 5.36. The van der Waals surface area contributed by atoms with Crippen molar-refractivity contribution in [3.63, 3.8) is 0 Å². The standard InChI is InChI=1S/C17H21N3/c1-13(14-7-10-18-11-8-14)20-12-16-5-2-4-15-6-3-9-19-17(15)16/h2,4-5,7-8,10-11,13,19-20H,3,6,9,12H2,1H3/t13-/m0/s1. The summed E-state index contributed by atoms with van der Waals surface area (Å²) in [6, 6.07) is 11.1. The van der Waals surface area contributed by atoms with E-state index < -0.39 is 0 Å². The third kappa shape index (κ3) is 2.83. The van der Waals surface area contributed by atoms with Crippen molar-refractivity contribution in [3.05, 3.63) is 59.4 Å². The Labute approximate surface area is 120 Å². The number of hydrogen-bond acceptors (Lipinski definition) is 3. The van der Waals surface area contributed by atoms with Gasteiger partial charge in [0.05, 0.1) is 0 Å². The number of para-hydroxylation sites is 1. The highest BCUT2D eigenvalue weighted by molar-refractivity contribution is 5.59. The molecule has 0 fully saturated rings. The Balaban J connectivity index is 1.70. The largest absolute Gasteiger partial charge is 0.385 e. The molecule has 2 heterocycles. The average Bonchev–Trinajstić information content (AvgIpc) is 2.53. The Morgan fingerprint density at radius 2 is 2.10 bits per heavy atom. The van der Waals surface area contributed by atoms with Gasteiger partial charge in [-0.15, -0.1) is 0 Å². The molecule has 104 valence electrons. The van der Waals surface area contributed by atoms with E-state index in [4.69, 9.17) is 0 Å². The summed E-state index contributed by atoms with van der Waals surface area (Å²) in [5, 5.41) is 7.14. The van der Waals surface area contributed by atoms with Crippen LogP contribution >= 0.6 is 0 Å². The van der Waals surface area contributed by atoms with E-state index in [0.29, 0.717) is 6.04 Å². The molecule has 1 aromatic heterocycles. The van der Waals surface area contributed by atoms with E-state index >= 15 is 0 Å². The van der Waals surface area contributed by atoms with E-state index in [1.165, 1.54) is 35.2 Å².